The minimum absolute atomic E-state index is 0.0629. The standard InChI is InChI=1S/C18H22N4O3/c1-13-3-5-14(6-4-13)12-21-7-9-22(10-8-21)17(23)15-11-19-20(2)16(15)18(24)25/h3-6,11H,7-10,12H2,1-2H3,(H,24,25). The van der Waals surface area contributed by atoms with Crippen molar-refractivity contribution in [3.05, 3.63) is 52.8 Å². The summed E-state index contributed by atoms with van der Waals surface area (Å²) < 4.78 is 1.23. The van der Waals surface area contributed by atoms with Crippen molar-refractivity contribution in [2.24, 2.45) is 7.05 Å². The zero-order valence-electron chi connectivity index (χ0n) is 14.5. The van der Waals surface area contributed by atoms with Crippen LogP contribution in [0, 0.1) is 6.92 Å². The summed E-state index contributed by atoms with van der Waals surface area (Å²) in [6.07, 6.45) is 1.34. The third kappa shape index (κ3) is 3.71. The Morgan fingerprint density at radius 3 is 2.36 bits per heavy atom. The number of carboxylic acids is 1. The lowest BCUT2D eigenvalue weighted by Gasteiger charge is -2.34. The minimum Gasteiger partial charge on any atom is -0.477 e. The third-order valence-corrected chi connectivity index (χ3v) is 4.56. The van der Waals surface area contributed by atoms with Gasteiger partial charge in [-0.05, 0) is 12.5 Å². The molecule has 1 aromatic heterocycles. The van der Waals surface area contributed by atoms with E-state index in [1.54, 1.807) is 4.90 Å². The van der Waals surface area contributed by atoms with Crippen LogP contribution in [0.15, 0.2) is 30.5 Å². The van der Waals surface area contributed by atoms with Crippen molar-refractivity contribution in [3.8, 4) is 0 Å². The van der Waals surface area contributed by atoms with Crippen molar-refractivity contribution in [3.63, 3.8) is 0 Å². The summed E-state index contributed by atoms with van der Waals surface area (Å²) in [5, 5.41) is 13.2. The van der Waals surface area contributed by atoms with E-state index in [9.17, 15) is 14.7 Å². The molecule has 0 spiro atoms. The number of carbonyl (C=O) groups excluding carboxylic acids is 1. The fraction of sp³-hybridized carbons (Fsp3) is 0.389. The molecule has 0 aliphatic carbocycles. The Kier molecular flexibility index (Phi) is 4.85. The number of nitrogens with zero attached hydrogens (tertiary/aromatic N) is 4. The van der Waals surface area contributed by atoms with E-state index < -0.39 is 5.97 Å². The zero-order valence-corrected chi connectivity index (χ0v) is 14.5. The molecule has 132 valence electrons. The van der Waals surface area contributed by atoms with E-state index in [1.165, 1.54) is 29.1 Å². The Balaban J connectivity index is 1.61. The molecule has 0 atom stereocenters. The predicted molar refractivity (Wildman–Crippen MR) is 92.5 cm³/mol. The van der Waals surface area contributed by atoms with Gasteiger partial charge in [-0.15, -0.1) is 0 Å². The molecule has 7 nitrogen and oxygen atoms in total. The molecule has 1 aliphatic rings. The normalized spacial score (nSPS) is 15.4. The fourth-order valence-electron chi connectivity index (χ4n) is 3.08. The number of piperazine rings is 1. The average Bonchev–Trinajstić information content (AvgIpc) is 2.99. The number of aromatic carboxylic acids is 1. The molecule has 1 saturated heterocycles. The molecule has 7 heteroatoms. The summed E-state index contributed by atoms with van der Waals surface area (Å²) in [5.41, 5.74) is 2.59. The Hall–Kier alpha value is -2.67. The molecule has 1 aromatic carbocycles. The van der Waals surface area contributed by atoms with Gasteiger partial charge in [-0.2, -0.15) is 5.10 Å². The maximum atomic E-state index is 12.6. The van der Waals surface area contributed by atoms with Crippen LogP contribution in [0.25, 0.3) is 0 Å². The monoisotopic (exact) mass is 342 g/mol. The Morgan fingerprint density at radius 1 is 1.12 bits per heavy atom. The quantitative estimate of drug-likeness (QED) is 0.908. The topological polar surface area (TPSA) is 78.7 Å². The van der Waals surface area contributed by atoms with Crippen LogP contribution in [-0.4, -0.2) is 62.7 Å². The molecule has 0 bridgehead atoms. The van der Waals surface area contributed by atoms with Gasteiger partial charge in [0.25, 0.3) is 5.91 Å². The van der Waals surface area contributed by atoms with Gasteiger partial charge in [0.05, 0.1) is 11.8 Å². The molecule has 1 fully saturated rings. The molecule has 0 saturated carbocycles. The van der Waals surface area contributed by atoms with E-state index >= 15 is 0 Å². The van der Waals surface area contributed by atoms with Crippen LogP contribution in [0.5, 0.6) is 0 Å². The number of carboxylic acid groups (broad SMARTS) is 1. The largest absolute Gasteiger partial charge is 0.477 e. The summed E-state index contributed by atoms with van der Waals surface area (Å²) in [6, 6.07) is 8.46. The SMILES string of the molecule is Cc1ccc(CN2CCN(C(=O)c3cnn(C)c3C(=O)O)CC2)cc1. The number of amides is 1. The molecule has 1 aliphatic heterocycles. The predicted octanol–water partition coefficient (Wildman–Crippen LogP) is 1.38. The first kappa shape index (κ1) is 17.2. The van der Waals surface area contributed by atoms with Gasteiger partial charge in [0.1, 0.15) is 0 Å². The van der Waals surface area contributed by atoms with Crippen LogP contribution in [0.4, 0.5) is 0 Å². The molecule has 25 heavy (non-hydrogen) atoms. The smallest absolute Gasteiger partial charge is 0.354 e. The second kappa shape index (κ2) is 7.06. The van der Waals surface area contributed by atoms with Crippen LogP contribution in [0.3, 0.4) is 0 Å². The Morgan fingerprint density at radius 2 is 1.76 bits per heavy atom. The molecule has 0 radical (unpaired) electrons. The third-order valence-electron chi connectivity index (χ3n) is 4.56. The summed E-state index contributed by atoms with van der Waals surface area (Å²) in [6.45, 7) is 5.62. The lowest BCUT2D eigenvalue weighted by molar-refractivity contribution is 0.0606. The van der Waals surface area contributed by atoms with Crippen LogP contribution in [-0.2, 0) is 13.6 Å². The van der Waals surface area contributed by atoms with Crippen LogP contribution < -0.4 is 0 Å². The van der Waals surface area contributed by atoms with Gasteiger partial charge in [0, 0.05) is 39.8 Å². The van der Waals surface area contributed by atoms with Gasteiger partial charge in [-0.1, -0.05) is 29.8 Å². The van der Waals surface area contributed by atoms with Crippen LogP contribution in [0.1, 0.15) is 32.0 Å². The first-order chi connectivity index (χ1) is 12.0. The summed E-state index contributed by atoms with van der Waals surface area (Å²) in [4.78, 5) is 28.0. The highest BCUT2D eigenvalue weighted by Crippen LogP contribution is 2.15. The van der Waals surface area contributed by atoms with Crippen molar-refractivity contribution in [2.75, 3.05) is 26.2 Å². The van der Waals surface area contributed by atoms with E-state index in [4.69, 9.17) is 0 Å². The van der Waals surface area contributed by atoms with Gasteiger partial charge in [-0.25, -0.2) is 4.79 Å². The maximum Gasteiger partial charge on any atom is 0.354 e. The summed E-state index contributed by atoms with van der Waals surface area (Å²) in [7, 11) is 1.53. The molecule has 2 heterocycles. The first-order valence-corrected chi connectivity index (χ1v) is 8.28. The number of rotatable bonds is 4. The van der Waals surface area contributed by atoms with Gasteiger partial charge in [0.15, 0.2) is 5.69 Å². The van der Waals surface area contributed by atoms with Crippen LogP contribution in [0.2, 0.25) is 0 Å². The van der Waals surface area contributed by atoms with E-state index in [2.05, 4.69) is 41.2 Å². The molecule has 0 unspecified atom stereocenters. The molecule has 3 rings (SSSR count). The highest BCUT2D eigenvalue weighted by molar-refractivity contribution is 6.03. The molecule has 2 aromatic rings. The summed E-state index contributed by atoms with van der Waals surface area (Å²) in [5.74, 6) is -1.40. The van der Waals surface area contributed by atoms with Crippen molar-refractivity contribution in [1.29, 1.82) is 0 Å². The lowest BCUT2D eigenvalue weighted by Crippen LogP contribution is -2.48. The highest BCUT2D eigenvalue weighted by Gasteiger charge is 2.28. The highest BCUT2D eigenvalue weighted by atomic mass is 16.4. The zero-order chi connectivity index (χ0) is 18.0. The van der Waals surface area contributed by atoms with Crippen molar-refractivity contribution >= 4 is 11.9 Å². The van der Waals surface area contributed by atoms with Gasteiger partial charge in [0.2, 0.25) is 0 Å². The van der Waals surface area contributed by atoms with E-state index in [0.29, 0.717) is 13.1 Å². The Labute approximate surface area is 146 Å². The average molecular weight is 342 g/mol. The molecular formula is C18H22N4O3. The minimum atomic E-state index is -1.14. The Bertz CT molecular complexity index is 774. The maximum absolute atomic E-state index is 12.6. The second-order valence-electron chi connectivity index (χ2n) is 6.39. The van der Waals surface area contributed by atoms with E-state index in [0.717, 1.165) is 19.6 Å². The van der Waals surface area contributed by atoms with Gasteiger partial charge in [-0.3, -0.25) is 14.4 Å². The van der Waals surface area contributed by atoms with E-state index in [1.807, 2.05) is 0 Å². The van der Waals surface area contributed by atoms with Crippen molar-refractivity contribution < 1.29 is 14.7 Å². The summed E-state index contributed by atoms with van der Waals surface area (Å²) >= 11 is 0. The fourth-order valence-corrected chi connectivity index (χ4v) is 3.08. The van der Waals surface area contributed by atoms with Gasteiger partial charge >= 0.3 is 5.97 Å². The molecular weight excluding hydrogens is 320 g/mol. The number of carbonyl (C=O) groups is 2. The lowest BCUT2D eigenvalue weighted by atomic mass is 10.1. The first-order valence-electron chi connectivity index (χ1n) is 8.28. The number of aryl methyl sites for hydroxylation is 2. The number of benzene rings is 1. The van der Waals surface area contributed by atoms with Crippen molar-refractivity contribution in [1.82, 2.24) is 19.6 Å². The van der Waals surface area contributed by atoms with Crippen molar-refractivity contribution in [2.45, 2.75) is 13.5 Å². The molecule has 1 N–H and O–H groups in total. The molecule has 1 amide bonds. The number of hydrogen-bond acceptors (Lipinski definition) is 4. The van der Waals surface area contributed by atoms with E-state index in [-0.39, 0.29) is 17.2 Å². The van der Waals surface area contributed by atoms with Crippen LogP contribution >= 0.6 is 0 Å². The number of hydrogen-bond donors (Lipinski definition) is 1. The second-order valence-corrected chi connectivity index (χ2v) is 6.39. The number of aromatic nitrogens is 2. The van der Waals surface area contributed by atoms with Gasteiger partial charge < -0.3 is 10.0 Å².